The van der Waals surface area contributed by atoms with Gasteiger partial charge in [-0.3, -0.25) is 14.4 Å². The van der Waals surface area contributed by atoms with Crippen LogP contribution < -0.4 is 19.6 Å². The van der Waals surface area contributed by atoms with Crippen molar-refractivity contribution in [1.29, 1.82) is 0 Å². The number of methoxy groups -OCH3 is 1. The first-order valence-corrected chi connectivity index (χ1v) is 15.2. The SMILES string of the molecule is COc1c(O[C@H]2O[C@@H](C)[C@H](OC(C)=O)[C@@H](OC(C)=O)[C@@H]2O)cc2oc(-c3ccc(O)c(O)c3)c(O[C@@H]3O[C@H](C)[C@H](O)[C@@H](O)[C@@H]3O)c(=O)c2c1O. The maximum atomic E-state index is 14.1. The van der Waals surface area contributed by atoms with Crippen LogP contribution in [0.3, 0.4) is 0 Å². The molecule has 1 aromatic heterocycles. The van der Waals surface area contributed by atoms with E-state index in [1.54, 1.807) is 0 Å². The molecule has 2 aliphatic heterocycles. The maximum absolute atomic E-state index is 14.1. The second kappa shape index (κ2) is 14.2. The summed E-state index contributed by atoms with van der Waals surface area (Å²) in [4.78, 5) is 37.6. The first-order chi connectivity index (χ1) is 23.5. The molecule has 0 radical (unpaired) electrons. The molecular weight excluding hydrogens is 672 g/mol. The number of hydrogen-bond acceptors (Lipinski definition) is 18. The summed E-state index contributed by atoms with van der Waals surface area (Å²) in [6, 6.07) is 4.44. The molecule has 5 rings (SSSR count). The Morgan fingerprint density at radius 3 is 1.98 bits per heavy atom. The van der Waals surface area contributed by atoms with Gasteiger partial charge in [-0.05, 0) is 32.0 Å². The highest BCUT2D eigenvalue weighted by Gasteiger charge is 2.49. The summed E-state index contributed by atoms with van der Waals surface area (Å²) < 4.78 is 44.6. The van der Waals surface area contributed by atoms with Crippen LogP contribution in [0.2, 0.25) is 0 Å². The van der Waals surface area contributed by atoms with E-state index >= 15 is 0 Å². The highest BCUT2D eigenvalue weighted by atomic mass is 16.7. The van der Waals surface area contributed by atoms with Gasteiger partial charge in [0.1, 0.15) is 29.3 Å². The topological polar surface area (TPSA) is 271 Å². The average molecular weight is 709 g/mol. The summed E-state index contributed by atoms with van der Waals surface area (Å²) in [5.41, 5.74) is -1.49. The molecule has 0 amide bonds. The molecular formula is C32H36O18. The van der Waals surface area contributed by atoms with Crippen molar-refractivity contribution in [3.8, 4) is 45.8 Å². The Labute approximate surface area is 282 Å². The number of ether oxygens (including phenoxy) is 7. The van der Waals surface area contributed by atoms with Gasteiger partial charge in [-0.15, -0.1) is 0 Å². The number of phenolic OH excluding ortho intramolecular Hbond substituents is 3. The first kappa shape index (κ1) is 36.4. The van der Waals surface area contributed by atoms with Gasteiger partial charge in [0.05, 0.1) is 19.3 Å². The van der Waals surface area contributed by atoms with E-state index in [1.165, 1.54) is 19.9 Å². The molecule has 10 atom stereocenters. The number of carbonyl (C=O) groups excluding carboxylic acids is 2. The number of aliphatic hydroxyl groups excluding tert-OH is 4. The lowest BCUT2D eigenvalue weighted by atomic mass is 9.99. The minimum Gasteiger partial charge on any atom is -0.504 e. The number of rotatable bonds is 8. The highest BCUT2D eigenvalue weighted by molar-refractivity contribution is 5.91. The molecule has 3 aromatic rings. The molecule has 272 valence electrons. The zero-order valence-electron chi connectivity index (χ0n) is 27.2. The Bertz CT molecular complexity index is 1820. The Balaban J connectivity index is 1.63. The maximum Gasteiger partial charge on any atom is 0.303 e. The van der Waals surface area contributed by atoms with Gasteiger partial charge in [0.2, 0.25) is 29.5 Å². The second-order valence-corrected chi connectivity index (χ2v) is 11.7. The summed E-state index contributed by atoms with van der Waals surface area (Å²) in [5.74, 6) is -5.44. The van der Waals surface area contributed by atoms with E-state index in [1.807, 2.05) is 0 Å². The summed E-state index contributed by atoms with van der Waals surface area (Å²) in [7, 11) is 1.12. The monoisotopic (exact) mass is 708 g/mol. The van der Waals surface area contributed by atoms with Gasteiger partial charge in [0, 0.05) is 25.5 Å². The van der Waals surface area contributed by atoms with Gasteiger partial charge in [-0.25, -0.2) is 0 Å². The molecule has 2 aromatic carbocycles. The standard InChI is InChI=1S/C32H36O18/c1-10-20(37)23(40)24(41)31(44-10)50-29-22(39)19-17(48-27(29)14-6-7-15(35)16(36)8-14)9-18(28(43-5)21(19)38)49-32-25(42)30(47-13(4)34)26(11(2)45-32)46-12(3)33/h6-11,20,23-26,30-32,35-38,40-42H,1-5H3/t10-,11+,20+,23-,24+,25+,26+,30+,31+,32-/m1/s1. The fraction of sp³-hybridized carbons (Fsp3) is 0.469. The zero-order chi connectivity index (χ0) is 36.8. The molecule has 2 fully saturated rings. The molecule has 0 saturated carbocycles. The van der Waals surface area contributed by atoms with Gasteiger partial charge < -0.3 is 73.3 Å². The summed E-state index contributed by atoms with van der Waals surface area (Å²) >= 11 is 0. The number of aromatic hydroxyl groups is 3. The number of phenols is 3. The number of hydrogen-bond donors (Lipinski definition) is 7. The van der Waals surface area contributed by atoms with Crippen LogP contribution in [-0.2, 0) is 28.5 Å². The fourth-order valence-electron chi connectivity index (χ4n) is 5.64. The lowest BCUT2D eigenvalue weighted by molar-refractivity contribution is -0.276. The van der Waals surface area contributed by atoms with Gasteiger partial charge in [-0.2, -0.15) is 0 Å². The largest absolute Gasteiger partial charge is 0.504 e. The third kappa shape index (κ3) is 6.80. The molecule has 0 unspecified atom stereocenters. The summed E-state index contributed by atoms with van der Waals surface area (Å²) in [6.07, 6.45) is -15.0. The van der Waals surface area contributed by atoms with Gasteiger partial charge >= 0.3 is 11.9 Å². The van der Waals surface area contributed by atoms with Crippen LogP contribution in [0.25, 0.3) is 22.3 Å². The number of carbonyl (C=O) groups is 2. The van der Waals surface area contributed by atoms with Crippen LogP contribution >= 0.6 is 0 Å². The van der Waals surface area contributed by atoms with E-state index < -0.39 is 119 Å². The molecule has 2 saturated heterocycles. The smallest absolute Gasteiger partial charge is 0.303 e. The van der Waals surface area contributed by atoms with E-state index in [0.29, 0.717) is 0 Å². The van der Waals surface area contributed by atoms with Gasteiger partial charge in [-0.1, -0.05) is 0 Å². The van der Waals surface area contributed by atoms with E-state index in [9.17, 15) is 50.1 Å². The second-order valence-electron chi connectivity index (χ2n) is 11.7. The third-order valence-corrected chi connectivity index (χ3v) is 8.12. The molecule has 3 heterocycles. The molecule has 2 aliphatic rings. The molecule has 0 spiro atoms. The molecule has 7 N–H and O–H groups in total. The predicted molar refractivity (Wildman–Crippen MR) is 165 cm³/mol. The molecule has 18 nitrogen and oxygen atoms in total. The van der Waals surface area contributed by atoms with Crippen molar-refractivity contribution in [3.63, 3.8) is 0 Å². The van der Waals surface area contributed by atoms with Gasteiger partial charge in [0.15, 0.2) is 47.1 Å². The van der Waals surface area contributed by atoms with E-state index in [0.717, 1.165) is 39.2 Å². The predicted octanol–water partition coefficient (Wildman–Crippen LogP) is 0.140. The fourth-order valence-corrected chi connectivity index (χ4v) is 5.64. The van der Waals surface area contributed by atoms with Crippen molar-refractivity contribution in [3.05, 3.63) is 34.5 Å². The van der Waals surface area contributed by atoms with Crippen LogP contribution in [0.5, 0.6) is 34.5 Å². The third-order valence-electron chi connectivity index (χ3n) is 8.12. The molecule has 50 heavy (non-hydrogen) atoms. The quantitative estimate of drug-likeness (QED) is 0.121. The Kier molecular flexibility index (Phi) is 10.3. The molecule has 0 aliphatic carbocycles. The van der Waals surface area contributed by atoms with Crippen molar-refractivity contribution in [2.75, 3.05) is 7.11 Å². The van der Waals surface area contributed by atoms with Crippen molar-refractivity contribution < 1.29 is 82.9 Å². The highest BCUT2D eigenvalue weighted by Crippen LogP contribution is 2.46. The summed E-state index contributed by atoms with van der Waals surface area (Å²) in [6.45, 7) is 5.05. The number of esters is 2. The van der Waals surface area contributed by atoms with E-state index in [-0.39, 0.29) is 16.9 Å². The van der Waals surface area contributed by atoms with Crippen LogP contribution in [0.15, 0.2) is 33.5 Å². The Morgan fingerprint density at radius 2 is 1.36 bits per heavy atom. The van der Waals surface area contributed by atoms with Crippen molar-refractivity contribution in [1.82, 2.24) is 0 Å². The lowest BCUT2D eigenvalue weighted by Crippen LogP contribution is -2.60. The van der Waals surface area contributed by atoms with E-state index in [2.05, 4.69) is 0 Å². The van der Waals surface area contributed by atoms with Crippen LogP contribution in [0, 0.1) is 0 Å². The van der Waals surface area contributed by atoms with Crippen molar-refractivity contribution in [2.45, 2.75) is 89.1 Å². The first-order valence-electron chi connectivity index (χ1n) is 15.2. The Hall–Kier alpha value is -4.85. The Morgan fingerprint density at radius 1 is 0.740 bits per heavy atom. The normalized spacial score (nSPS) is 29.6. The van der Waals surface area contributed by atoms with Gasteiger partial charge in [0.25, 0.3) is 0 Å². The molecule has 18 heteroatoms. The van der Waals surface area contributed by atoms with Crippen LogP contribution in [-0.4, -0.2) is 116 Å². The number of aliphatic hydroxyl groups is 4. The average Bonchev–Trinajstić information content (AvgIpc) is 3.04. The number of fused-ring (bicyclic) bond motifs is 1. The van der Waals surface area contributed by atoms with E-state index in [4.69, 9.17) is 37.6 Å². The molecule has 0 bridgehead atoms. The number of benzene rings is 2. The zero-order valence-corrected chi connectivity index (χ0v) is 27.2. The minimum absolute atomic E-state index is 0.0494. The van der Waals surface area contributed by atoms with Crippen molar-refractivity contribution in [2.24, 2.45) is 0 Å². The van der Waals surface area contributed by atoms with Crippen LogP contribution in [0.4, 0.5) is 0 Å². The van der Waals surface area contributed by atoms with Crippen LogP contribution in [0.1, 0.15) is 27.7 Å². The lowest BCUT2D eigenvalue weighted by Gasteiger charge is -2.42. The summed E-state index contributed by atoms with van der Waals surface area (Å²) in [5, 5.41) is 73.0. The van der Waals surface area contributed by atoms with Crippen molar-refractivity contribution >= 4 is 22.9 Å². The minimum atomic E-state index is -1.86.